The van der Waals surface area contributed by atoms with Gasteiger partial charge in [-0.25, -0.2) is 0 Å². The zero-order valence-electron chi connectivity index (χ0n) is 13.2. The fraction of sp³-hybridized carbons (Fsp3) is 0. The van der Waals surface area contributed by atoms with E-state index in [9.17, 15) is 19.7 Å². The quantitative estimate of drug-likeness (QED) is 0.436. The van der Waals surface area contributed by atoms with Crippen LogP contribution in [-0.4, -0.2) is 26.5 Å². The Morgan fingerprint density at radius 2 is 1.50 bits per heavy atom. The van der Waals surface area contributed by atoms with Gasteiger partial charge in [0.15, 0.2) is 5.78 Å². The van der Waals surface area contributed by atoms with Gasteiger partial charge in [-0.2, -0.15) is 0 Å². The number of nitrogens with two attached hydrogens (primary N) is 1. The van der Waals surface area contributed by atoms with Crippen molar-refractivity contribution < 1.29 is 14.5 Å². The van der Waals surface area contributed by atoms with Crippen LogP contribution in [0.1, 0.15) is 32.1 Å². The third kappa shape index (κ3) is 2.09. The second-order valence-electron chi connectivity index (χ2n) is 5.64. The Kier molecular flexibility index (Phi) is 3.33. The maximum Gasteiger partial charge on any atom is 0.277 e. The Bertz CT molecular complexity index is 1120. The van der Waals surface area contributed by atoms with E-state index in [0.717, 1.165) is 0 Å². The Hall–Kier alpha value is -3.94. The summed E-state index contributed by atoms with van der Waals surface area (Å²) in [5.74, 6) is -1.07. The van der Waals surface area contributed by atoms with Gasteiger partial charge in [0.2, 0.25) is 5.78 Å². The van der Waals surface area contributed by atoms with Crippen molar-refractivity contribution in [1.82, 2.24) is 9.97 Å². The summed E-state index contributed by atoms with van der Waals surface area (Å²) in [7, 11) is 0. The molecule has 2 heterocycles. The molecule has 1 aliphatic rings. The van der Waals surface area contributed by atoms with Crippen LogP contribution in [0.3, 0.4) is 0 Å². The summed E-state index contributed by atoms with van der Waals surface area (Å²) >= 11 is 0. The van der Waals surface area contributed by atoms with Crippen molar-refractivity contribution in [3.05, 3.63) is 81.4 Å². The van der Waals surface area contributed by atoms with Gasteiger partial charge in [-0.1, -0.05) is 12.1 Å². The molecular weight excluding hydrogens is 336 g/mol. The number of nitrogens with zero attached hydrogens (tertiary/aromatic N) is 3. The second-order valence-corrected chi connectivity index (χ2v) is 5.64. The molecule has 126 valence electrons. The van der Waals surface area contributed by atoms with Gasteiger partial charge in [0.1, 0.15) is 11.4 Å². The first-order valence-electron chi connectivity index (χ1n) is 7.57. The number of ketones is 2. The number of nitro groups is 1. The number of para-hydroxylation sites is 1. The number of hydrogen-bond acceptors (Lipinski definition) is 7. The molecule has 0 saturated heterocycles. The number of rotatable bonds is 2. The van der Waals surface area contributed by atoms with Crippen LogP contribution in [0.2, 0.25) is 0 Å². The monoisotopic (exact) mass is 346 g/mol. The van der Waals surface area contributed by atoms with Crippen molar-refractivity contribution in [2.24, 2.45) is 0 Å². The highest BCUT2D eigenvalue weighted by Gasteiger charge is 2.36. The summed E-state index contributed by atoms with van der Waals surface area (Å²) in [6, 6.07) is 8.91. The molecule has 0 unspecified atom stereocenters. The third-order valence-corrected chi connectivity index (χ3v) is 4.21. The molecular formula is C18H10N4O4. The molecule has 4 rings (SSSR count). The number of carbonyl (C=O) groups is 2. The molecule has 2 N–H and O–H groups in total. The van der Waals surface area contributed by atoms with Gasteiger partial charge in [-0.15, -0.1) is 0 Å². The van der Waals surface area contributed by atoms with E-state index < -0.39 is 16.5 Å². The van der Waals surface area contributed by atoms with Gasteiger partial charge >= 0.3 is 0 Å². The minimum atomic E-state index is -0.541. The minimum absolute atomic E-state index is 0.000926. The molecule has 0 atom stereocenters. The number of fused-ring (bicyclic) bond motifs is 2. The molecule has 3 aromatic rings. The zero-order chi connectivity index (χ0) is 18.4. The van der Waals surface area contributed by atoms with Gasteiger partial charge in [0, 0.05) is 29.7 Å². The van der Waals surface area contributed by atoms with Crippen molar-refractivity contribution in [1.29, 1.82) is 0 Å². The summed E-state index contributed by atoms with van der Waals surface area (Å²) in [6.07, 6.45) is 2.68. The molecule has 0 amide bonds. The molecule has 1 aromatic carbocycles. The maximum absolute atomic E-state index is 13.1. The van der Waals surface area contributed by atoms with Crippen molar-refractivity contribution in [2.45, 2.75) is 0 Å². The lowest BCUT2D eigenvalue weighted by atomic mass is 9.84. The Balaban J connectivity index is 2.05. The number of pyridine rings is 2. The largest absolute Gasteiger partial charge is 0.398 e. The standard InChI is InChI=1S/C18H10N4O4/c19-11-6-8-21-16-14(11)17(23)13-10(5-7-20-15(13)18(16)24)9-3-1-2-4-12(9)22(25)26/h1-8H,(H2,19,21). The summed E-state index contributed by atoms with van der Waals surface area (Å²) < 4.78 is 0. The molecule has 0 radical (unpaired) electrons. The molecule has 0 aliphatic heterocycles. The number of carbonyl (C=O) groups excluding carboxylic acids is 2. The van der Waals surface area contributed by atoms with Crippen LogP contribution in [0.4, 0.5) is 11.4 Å². The lowest BCUT2D eigenvalue weighted by Crippen LogP contribution is -2.25. The van der Waals surface area contributed by atoms with Crippen molar-refractivity contribution in [3.63, 3.8) is 0 Å². The van der Waals surface area contributed by atoms with Crippen LogP contribution in [-0.2, 0) is 0 Å². The normalized spacial score (nSPS) is 12.5. The van der Waals surface area contributed by atoms with E-state index in [4.69, 9.17) is 5.73 Å². The third-order valence-electron chi connectivity index (χ3n) is 4.21. The lowest BCUT2D eigenvalue weighted by molar-refractivity contribution is -0.384. The van der Waals surface area contributed by atoms with Gasteiger partial charge in [-0.05, 0) is 18.2 Å². The van der Waals surface area contributed by atoms with Crippen LogP contribution in [0.15, 0.2) is 48.8 Å². The van der Waals surface area contributed by atoms with E-state index >= 15 is 0 Å². The lowest BCUT2D eigenvalue weighted by Gasteiger charge is -2.19. The Morgan fingerprint density at radius 1 is 0.846 bits per heavy atom. The summed E-state index contributed by atoms with van der Waals surface area (Å²) in [5, 5.41) is 11.4. The molecule has 1 aliphatic carbocycles. The minimum Gasteiger partial charge on any atom is -0.398 e. The summed E-state index contributed by atoms with van der Waals surface area (Å²) in [6.45, 7) is 0. The maximum atomic E-state index is 13.1. The van der Waals surface area contributed by atoms with E-state index in [2.05, 4.69) is 9.97 Å². The number of anilines is 1. The fourth-order valence-corrected chi connectivity index (χ4v) is 3.07. The van der Waals surface area contributed by atoms with Crippen molar-refractivity contribution >= 4 is 22.9 Å². The average molecular weight is 346 g/mol. The highest BCUT2D eigenvalue weighted by Crippen LogP contribution is 2.37. The van der Waals surface area contributed by atoms with Gasteiger partial charge in [-0.3, -0.25) is 29.7 Å². The van der Waals surface area contributed by atoms with Crippen LogP contribution < -0.4 is 5.73 Å². The first-order valence-corrected chi connectivity index (χ1v) is 7.57. The smallest absolute Gasteiger partial charge is 0.277 e. The molecule has 0 fully saturated rings. The van der Waals surface area contributed by atoms with E-state index in [0.29, 0.717) is 0 Å². The van der Waals surface area contributed by atoms with Crippen LogP contribution in [0.5, 0.6) is 0 Å². The second kappa shape index (κ2) is 5.55. The first kappa shape index (κ1) is 15.6. The predicted octanol–water partition coefficient (Wildman–Crippen LogP) is 2.41. The molecule has 26 heavy (non-hydrogen) atoms. The Labute approximate surface area is 146 Å². The van der Waals surface area contributed by atoms with Crippen molar-refractivity contribution in [2.75, 3.05) is 5.73 Å². The SMILES string of the molecule is Nc1ccnc2c1C(=O)c1c(-c3ccccc3[N+](=O)[O-])ccnc1C2=O. The molecule has 0 spiro atoms. The number of hydrogen-bond donors (Lipinski definition) is 1. The highest BCUT2D eigenvalue weighted by atomic mass is 16.6. The van der Waals surface area contributed by atoms with E-state index in [1.165, 1.54) is 42.7 Å². The Morgan fingerprint density at radius 3 is 2.23 bits per heavy atom. The highest BCUT2D eigenvalue weighted by molar-refractivity contribution is 6.30. The first-order chi connectivity index (χ1) is 12.5. The topological polar surface area (TPSA) is 129 Å². The molecule has 8 heteroatoms. The van der Waals surface area contributed by atoms with E-state index in [1.54, 1.807) is 6.07 Å². The fourth-order valence-electron chi connectivity index (χ4n) is 3.07. The predicted molar refractivity (Wildman–Crippen MR) is 91.8 cm³/mol. The zero-order valence-corrected chi connectivity index (χ0v) is 13.2. The number of nitro benzene ring substituents is 1. The van der Waals surface area contributed by atoms with Crippen molar-refractivity contribution in [3.8, 4) is 11.1 Å². The van der Waals surface area contributed by atoms with E-state index in [1.807, 2.05) is 0 Å². The van der Waals surface area contributed by atoms with Crippen LogP contribution in [0, 0.1) is 10.1 Å². The van der Waals surface area contributed by atoms with Gasteiger partial charge < -0.3 is 5.73 Å². The van der Waals surface area contributed by atoms with Crippen LogP contribution in [0.25, 0.3) is 11.1 Å². The van der Waals surface area contributed by atoms with Crippen LogP contribution >= 0.6 is 0 Å². The molecule has 8 nitrogen and oxygen atoms in total. The molecule has 2 aromatic heterocycles. The average Bonchev–Trinajstić information content (AvgIpc) is 2.65. The molecule has 0 saturated carbocycles. The number of nitrogen functional groups attached to an aromatic ring is 1. The molecule has 0 bridgehead atoms. The van der Waals surface area contributed by atoms with E-state index in [-0.39, 0.29) is 45.0 Å². The summed E-state index contributed by atoms with van der Waals surface area (Å²) in [5.41, 5.74) is 6.16. The van der Waals surface area contributed by atoms with Gasteiger partial charge in [0.05, 0.1) is 21.6 Å². The number of aromatic nitrogens is 2. The summed E-state index contributed by atoms with van der Waals surface area (Å²) in [4.78, 5) is 44.6. The van der Waals surface area contributed by atoms with Gasteiger partial charge in [0.25, 0.3) is 5.69 Å². The number of benzene rings is 1.